The molecule has 0 atom stereocenters. The molecule has 0 aromatic rings. The first kappa shape index (κ1) is 13.1. The molecular weight excluding hydrogens is 182 g/mol. The van der Waals surface area contributed by atoms with Crippen molar-refractivity contribution in [1.29, 1.82) is 0 Å². The van der Waals surface area contributed by atoms with Gasteiger partial charge in [-0.05, 0) is 6.42 Å². The summed E-state index contributed by atoms with van der Waals surface area (Å²) < 4.78 is 4.65. The predicted molar refractivity (Wildman–Crippen MR) is 54.0 cm³/mol. The molecule has 0 aliphatic carbocycles. The second-order valence-corrected chi connectivity index (χ2v) is 3.18. The molecule has 82 valence electrons. The highest BCUT2D eigenvalue weighted by Gasteiger charge is 2.05. The molecule has 0 unspecified atom stereocenters. The monoisotopic (exact) mass is 201 g/mol. The number of rotatable bonds is 8. The fourth-order valence-electron chi connectivity index (χ4n) is 0.979. The SMILES string of the molecule is CCCCNC(=O)CCC(=O)COC. The highest BCUT2D eigenvalue weighted by Crippen LogP contribution is 1.92. The van der Waals surface area contributed by atoms with Crippen LogP contribution >= 0.6 is 0 Å². The van der Waals surface area contributed by atoms with Crippen LogP contribution in [0.4, 0.5) is 0 Å². The Balaban J connectivity index is 3.39. The van der Waals surface area contributed by atoms with Crippen molar-refractivity contribution in [3.63, 3.8) is 0 Å². The molecule has 0 saturated carbocycles. The van der Waals surface area contributed by atoms with E-state index in [0.29, 0.717) is 6.54 Å². The van der Waals surface area contributed by atoms with Crippen molar-refractivity contribution in [1.82, 2.24) is 5.32 Å². The van der Waals surface area contributed by atoms with Crippen LogP contribution in [0.25, 0.3) is 0 Å². The Kier molecular flexibility index (Phi) is 8.13. The van der Waals surface area contributed by atoms with Crippen LogP contribution in [-0.2, 0) is 14.3 Å². The second-order valence-electron chi connectivity index (χ2n) is 3.18. The van der Waals surface area contributed by atoms with Crippen molar-refractivity contribution < 1.29 is 14.3 Å². The quantitative estimate of drug-likeness (QED) is 0.593. The number of Topliss-reactive ketones (excluding diaryl/α,β-unsaturated/α-hetero) is 1. The highest BCUT2D eigenvalue weighted by atomic mass is 16.5. The molecular formula is C10H19NO3. The second kappa shape index (κ2) is 8.69. The molecule has 0 aliphatic rings. The first-order chi connectivity index (χ1) is 6.70. The smallest absolute Gasteiger partial charge is 0.220 e. The normalized spacial score (nSPS) is 9.86. The Morgan fingerprint density at radius 3 is 2.57 bits per heavy atom. The van der Waals surface area contributed by atoms with Crippen LogP contribution in [0.3, 0.4) is 0 Å². The van der Waals surface area contributed by atoms with Gasteiger partial charge in [0.05, 0.1) is 0 Å². The van der Waals surface area contributed by atoms with Crippen LogP contribution in [0.15, 0.2) is 0 Å². The topological polar surface area (TPSA) is 55.4 Å². The van der Waals surface area contributed by atoms with E-state index in [1.165, 1.54) is 7.11 Å². The number of ketones is 1. The van der Waals surface area contributed by atoms with Gasteiger partial charge in [0.1, 0.15) is 6.61 Å². The average Bonchev–Trinajstić information content (AvgIpc) is 2.16. The molecule has 0 bridgehead atoms. The number of nitrogens with one attached hydrogen (secondary N) is 1. The number of carbonyl (C=O) groups is 2. The van der Waals surface area contributed by atoms with E-state index in [-0.39, 0.29) is 31.1 Å². The van der Waals surface area contributed by atoms with Crippen LogP contribution in [-0.4, -0.2) is 32.0 Å². The van der Waals surface area contributed by atoms with Crippen molar-refractivity contribution in [2.75, 3.05) is 20.3 Å². The van der Waals surface area contributed by atoms with E-state index in [4.69, 9.17) is 0 Å². The van der Waals surface area contributed by atoms with Gasteiger partial charge in [0.25, 0.3) is 0 Å². The van der Waals surface area contributed by atoms with Crippen molar-refractivity contribution in [2.24, 2.45) is 0 Å². The first-order valence-corrected chi connectivity index (χ1v) is 4.98. The zero-order valence-corrected chi connectivity index (χ0v) is 8.97. The van der Waals surface area contributed by atoms with E-state index >= 15 is 0 Å². The standard InChI is InChI=1S/C10H19NO3/c1-3-4-7-11-10(13)6-5-9(12)8-14-2/h3-8H2,1-2H3,(H,11,13). The van der Waals surface area contributed by atoms with Gasteiger partial charge in [-0.3, -0.25) is 9.59 Å². The molecule has 0 heterocycles. The van der Waals surface area contributed by atoms with Gasteiger partial charge in [-0.1, -0.05) is 13.3 Å². The Labute approximate surface area is 85.0 Å². The minimum Gasteiger partial charge on any atom is -0.377 e. The van der Waals surface area contributed by atoms with E-state index in [9.17, 15) is 9.59 Å². The molecule has 0 rings (SSSR count). The molecule has 0 spiro atoms. The number of hydrogen-bond acceptors (Lipinski definition) is 3. The molecule has 1 N–H and O–H groups in total. The number of carbonyl (C=O) groups excluding carboxylic acids is 2. The molecule has 0 fully saturated rings. The molecule has 1 amide bonds. The molecule has 0 aromatic carbocycles. The lowest BCUT2D eigenvalue weighted by atomic mass is 10.2. The van der Waals surface area contributed by atoms with Gasteiger partial charge >= 0.3 is 0 Å². The largest absolute Gasteiger partial charge is 0.377 e. The van der Waals surface area contributed by atoms with Gasteiger partial charge in [0, 0.05) is 26.5 Å². The summed E-state index contributed by atoms with van der Waals surface area (Å²) in [6, 6.07) is 0. The van der Waals surface area contributed by atoms with Crippen LogP contribution in [0, 0.1) is 0 Å². The van der Waals surface area contributed by atoms with E-state index in [1.807, 2.05) is 0 Å². The van der Waals surface area contributed by atoms with Gasteiger partial charge in [-0.15, -0.1) is 0 Å². The number of amides is 1. The number of unbranched alkanes of at least 4 members (excludes halogenated alkanes) is 1. The summed E-state index contributed by atoms with van der Waals surface area (Å²) >= 11 is 0. The third-order valence-corrected chi connectivity index (χ3v) is 1.79. The van der Waals surface area contributed by atoms with E-state index in [2.05, 4.69) is 17.0 Å². The summed E-state index contributed by atoms with van der Waals surface area (Å²) in [7, 11) is 1.47. The summed E-state index contributed by atoms with van der Waals surface area (Å²) in [5.41, 5.74) is 0. The zero-order chi connectivity index (χ0) is 10.8. The predicted octanol–water partition coefficient (Wildman–Crippen LogP) is 0.898. The van der Waals surface area contributed by atoms with Crippen LogP contribution in [0.5, 0.6) is 0 Å². The van der Waals surface area contributed by atoms with E-state index < -0.39 is 0 Å². The average molecular weight is 201 g/mol. The number of hydrogen-bond donors (Lipinski definition) is 1. The van der Waals surface area contributed by atoms with Gasteiger partial charge in [-0.2, -0.15) is 0 Å². The van der Waals surface area contributed by atoms with E-state index in [1.54, 1.807) is 0 Å². The third kappa shape index (κ3) is 7.73. The molecule has 4 nitrogen and oxygen atoms in total. The van der Waals surface area contributed by atoms with Gasteiger partial charge in [0.2, 0.25) is 5.91 Å². The molecule has 0 radical (unpaired) electrons. The molecule has 0 aliphatic heterocycles. The summed E-state index contributed by atoms with van der Waals surface area (Å²) in [5, 5.41) is 2.75. The van der Waals surface area contributed by atoms with Crippen molar-refractivity contribution in [3.8, 4) is 0 Å². The Morgan fingerprint density at radius 2 is 2.00 bits per heavy atom. The fraction of sp³-hybridized carbons (Fsp3) is 0.800. The minimum absolute atomic E-state index is 0.0295. The molecule has 0 aromatic heterocycles. The number of ether oxygens (including phenoxy) is 1. The van der Waals surface area contributed by atoms with Crippen molar-refractivity contribution in [3.05, 3.63) is 0 Å². The maximum Gasteiger partial charge on any atom is 0.220 e. The Hall–Kier alpha value is -0.900. The minimum atomic E-state index is -0.0529. The summed E-state index contributed by atoms with van der Waals surface area (Å²) in [6.07, 6.45) is 2.58. The fourth-order valence-corrected chi connectivity index (χ4v) is 0.979. The maximum atomic E-state index is 11.1. The third-order valence-electron chi connectivity index (χ3n) is 1.79. The summed E-state index contributed by atoms with van der Waals surface area (Å²) in [4.78, 5) is 22.1. The van der Waals surface area contributed by atoms with Crippen LogP contribution in [0.2, 0.25) is 0 Å². The highest BCUT2D eigenvalue weighted by molar-refractivity contribution is 5.85. The zero-order valence-electron chi connectivity index (χ0n) is 8.97. The number of methoxy groups -OCH3 is 1. The van der Waals surface area contributed by atoms with Gasteiger partial charge in [0.15, 0.2) is 5.78 Å². The van der Waals surface area contributed by atoms with Gasteiger partial charge < -0.3 is 10.1 Å². The van der Waals surface area contributed by atoms with Crippen LogP contribution < -0.4 is 5.32 Å². The Bertz CT molecular complexity index is 180. The summed E-state index contributed by atoms with van der Waals surface area (Å²) in [5.74, 6) is -0.0824. The van der Waals surface area contributed by atoms with E-state index in [0.717, 1.165) is 12.8 Å². The molecule has 0 saturated heterocycles. The molecule has 4 heteroatoms. The van der Waals surface area contributed by atoms with Gasteiger partial charge in [-0.25, -0.2) is 0 Å². The summed E-state index contributed by atoms with van der Waals surface area (Å²) in [6.45, 7) is 2.87. The maximum absolute atomic E-state index is 11.1. The molecule has 14 heavy (non-hydrogen) atoms. The van der Waals surface area contributed by atoms with Crippen LogP contribution in [0.1, 0.15) is 32.6 Å². The lowest BCUT2D eigenvalue weighted by Gasteiger charge is -2.03. The first-order valence-electron chi connectivity index (χ1n) is 4.98. The lowest BCUT2D eigenvalue weighted by molar-refractivity contribution is -0.127. The van der Waals surface area contributed by atoms with Crippen molar-refractivity contribution >= 4 is 11.7 Å². The van der Waals surface area contributed by atoms with Crippen molar-refractivity contribution in [2.45, 2.75) is 32.6 Å². The Morgan fingerprint density at radius 1 is 1.29 bits per heavy atom. The lowest BCUT2D eigenvalue weighted by Crippen LogP contribution is -2.25.